The average Bonchev–Trinajstić information content (AvgIpc) is 2.80. The molecule has 3 rings (SSSR count). The normalized spacial score (nSPS) is 14.8. The first-order chi connectivity index (χ1) is 16.6. The van der Waals surface area contributed by atoms with Crippen molar-refractivity contribution in [1.29, 1.82) is 0 Å². The lowest BCUT2D eigenvalue weighted by Gasteiger charge is -2.29. The van der Waals surface area contributed by atoms with Crippen LogP contribution in [0, 0.1) is 17.6 Å². The molecule has 1 aliphatic heterocycles. The Morgan fingerprint density at radius 2 is 1.83 bits per heavy atom. The lowest BCUT2D eigenvalue weighted by atomic mass is 9.90. The molecule has 1 aliphatic rings. The van der Waals surface area contributed by atoms with E-state index in [9.17, 15) is 23.2 Å². The molecule has 35 heavy (non-hydrogen) atoms. The number of halogens is 2. The molecule has 0 saturated carbocycles. The van der Waals surface area contributed by atoms with E-state index in [0.717, 1.165) is 23.3 Å². The van der Waals surface area contributed by atoms with Gasteiger partial charge in [-0.15, -0.1) is 0 Å². The summed E-state index contributed by atoms with van der Waals surface area (Å²) in [5.41, 5.74) is 1.50. The second-order valence-electron chi connectivity index (χ2n) is 8.95. The van der Waals surface area contributed by atoms with Gasteiger partial charge >= 0.3 is 5.97 Å². The van der Waals surface area contributed by atoms with Crippen molar-refractivity contribution in [2.45, 2.75) is 45.6 Å². The summed E-state index contributed by atoms with van der Waals surface area (Å²) in [6.07, 6.45) is 0.907. The third kappa shape index (κ3) is 7.32. The Labute approximate surface area is 203 Å². The number of aryl methyl sites for hydroxylation is 1. The number of carboxylic acids is 1. The van der Waals surface area contributed by atoms with Crippen molar-refractivity contribution in [2.24, 2.45) is 5.92 Å². The Hall–Kier alpha value is -3.33. The maximum atomic E-state index is 14.1. The van der Waals surface area contributed by atoms with E-state index in [2.05, 4.69) is 5.32 Å². The highest BCUT2D eigenvalue weighted by atomic mass is 19.1. The quantitative estimate of drug-likeness (QED) is 0.519. The van der Waals surface area contributed by atoms with Gasteiger partial charge in [-0.25, -0.2) is 8.78 Å². The predicted molar refractivity (Wildman–Crippen MR) is 125 cm³/mol. The van der Waals surface area contributed by atoms with Gasteiger partial charge in [0.05, 0.1) is 6.54 Å². The molecular formula is C26H30F2N2O5. The van der Waals surface area contributed by atoms with Crippen molar-refractivity contribution in [3.8, 4) is 11.5 Å². The lowest BCUT2D eigenvalue weighted by molar-refractivity contribution is -0.137. The molecule has 0 aromatic heterocycles. The molecule has 1 heterocycles. The second kappa shape index (κ2) is 11.9. The van der Waals surface area contributed by atoms with Gasteiger partial charge in [-0.05, 0) is 47.7 Å². The molecule has 0 radical (unpaired) electrons. The van der Waals surface area contributed by atoms with E-state index < -0.39 is 17.6 Å². The lowest BCUT2D eigenvalue weighted by Crippen LogP contribution is -2.44. The molecule has 0 aliphatic carbocycles. The van der Waals surface area contributed by atoms with Gasteiger partial charge in [0.2, 0.25) is 5.91 Å². The van der Waals surface area contributed by atoms with Crippen LogP contribution in [0.2, 0.25) is 0 Å². The average molecular weight is 489 g/mol. The molecule has 1 fully saturated rings. The molecule has 0 unspecified atom stereocenters. The molecule has 1 saturated heterocycles. The molecule has 1 amide bonds. The van der Waals surface area contributed by atoms with Crippen LogP contribution in [0.25, 0.3) is 0 Å². The predicted octanol–water partition coefficient (Wildman–Crippen LogP) is 4.25. The topological polar surface area (TPSA) is 95.9 Å². The van der Waals surface area contributed by atoms with Crippen LogP contribution >= 0.6 is 0 Å². The summed E-state index contributed by atoms with van der Waals surface area (Å²) in [4.78, 5) is 37.0. The molecule has 2 aromatic rings. The minimum atomic E-state index is -0.937. The fourth-order valence-electron chi connectivity index (χ4n) is 4.10. The molecule has 2 aromatic carbocycles. The highest BCUT2D eigenvalue weighted by Crippen LogP contribution is 2.32. The van der Waals surface area contributed by atoms with Gasteiger partial charge < -0.3 is 20.1 Å². The molecule has 1 atom stereocenters. The van der Waals surface area contributed by atoms with E-state index in [-0.39, 0.29) is 48.8 Å². The number of aliphatic carboxylic acids is 1. The summed E-state index contributed by atoms with van der Waals surface area (Å²) in [5, 5.41) is 12.4. The number of benzene rings is 2. The van der Waals surface area contributed by atoms with E-state index in [4.69, 9.17) is 9.84 Å². The molecule has 0 spiro atoms. The van der Waals surface area contributed by atoms with Crippen molar-refractivity contribution in [1.82, 2.24) is 10.2 Å². The highest BCUT2D eigenvalue weighted by Gasteiger charge is 2.24. The Morgan fingerprint density at radius 3 is 2.46 bits per heavy atom. The van der Waals surface area contributed by atoms with Crippen molar-refractivity contribution >= 4 is 17.7 Å². The van der Waals surface area contributed by atoms with Gasteiger partial charge in [0, 0.05) is 44.5 Å². The molecule has 9 heteroatoms. The Balaban J connectivity index is 1.84. The zero-order chi connectivity index (χ0) is 25.5. The number of hydrogen-bond donors (Lipinski definition) is 2. The van der Waals surface area contributed by atoms with E-state index in [0.29, 0.717) is 31.7 Å². The zero-order valence-electron chi connectivity index (χ0n) is 19.9. The van der Waals surface area contributed by atoms with Crippen LogP contribution in [-0.2, 0) is 20.8 Å². The maximum Gasteiger partial charge on any atom is 0.303 e. The largest absolute Gasteiger partial charge is 0.481 e. The van der Waals surface area contributed by atoms with Crippen LogP contribution in [0.4, 0.5) is 8.78 Å². The number of ketones is 1. The highest BCUT2D eigenvalue weighted by molar-refractivity contribution is 5.84. The van der Waals surface area contributed by atoms with Crippen molar-refractivity contribution < 1.29 is 33.0 Å². The summed E-state index contributed by atoms with van der Waals surface area (Å²) in [6.45, 7) is 4.79. The molecular weight excluding hydrogens is 458 g/mol. The fraction of sp³-hybridized carbons (Fsp3) is 0.423. The van der Waals surface area contributed by atoms with Crippen molar-refractivity contribution in [3.63, 3.8) is 0 Å². The Bertz CT molecular complexity index is 1080. The SMILES string of the molecule is CC(C)[C@H](NCC(=O)N1CCC(=O)CC1)c1cc(Oc2ccc(F)cc2F)ccc1CCC(=O)O. The summed E-state index contributed by atoms with van der Waals surface area (Å²) < 4.78 is 33.0. The molecule has 0 bridgehead atoms. The number of ether oxygens (including phenoxy) is 1. The van der Waals surface area contributed by atoms with Crippen LogP contribution < -0.4 is 10.1 Å². The number of amides is 1. The first-order valence-electron chi connectivity index (χ1n) is 11.6. The number of rotatable bonds is 10. The zero-order valence-corrected chi connectivity index (χ0v) is 19.9. The number of hydrogen-bond acceptors (Lipinski definition) is 5. The Kier molecular flexibility index (Phi) is 8.92. The summed E-state index contributed by atoms with van der Waals surface area (Å²) >= 11 is 0. The Morgan fingerprint density at radius 1 is 1.11 bits per heavy atom. The number of carboxylic acid groups (broad SMARTS) is 1. The third-order valence-corrected chi connectivity index (χ3v) is 6.00. The van der Waals surface area contributed by atoms with E-state index in [1.54, 1.807) is 23.1 Å². The van der Waals surface area contributed by atoms with E-state index in [1.807, 2.05) is 13.8 Å². The fourth-order valence-corrected chi connectivity index (χ4v) is 4.10. The summed E-state index contributed by atoms with van der Waals surface area (Å²) in [7, 11) is 0. The van der Waals surface area contributed by atoms with Crippen LogP contribution in [0.15, 0.2) is 36.4 Å². The smallest absolute Gasteiger partial charge is 0.303 e. The van der Waals surface area contributed by atoms with Gasteiger partial charge in [-0.3, -0.25) is 14.4 Å². The number of nitrogens with zero attached hydrogens (tertiary/aromatic N) is 1. The van der Waals surface area contributed by atoms with Crippen LogP contribution in [0.5, 0.6) is 11.5 Å². The van der Waals surface area contributed by atoms with E-state index >= 15 is 0 Å². The van der Waals surface area contributed by atoms with Crippen LogP contribution in [0.3, 0.4) is 0 Å². The number of carbonyl (C=O) groups excluding carboxylic acids is 2. The third-order valence-electron chi connectivity index (χ3n) is 6.00. The number of Topliss-reactive ketones (excluding diaryl/α,β-unsaturated/α-hetero) is 1. The van der Waals surface area contributed by atoms with Gasteiger partial charge in [-0.2, -0.15) is 0 Å². The van der Waals surface area contributed by atoms with Gasteiger partial charge in [0.25, 0.3) is 0 Å². The first kappa shape index (κ1) is 26.3. The number of likely N-dealkylation sites (tertiary alicyclic amines) is 1. The molecule has 2 N–H and O–H groups in total. The minimum absolute atomic E-state index is 0.0205. The number of piperidine rings is 1. The maximum absolute atomic E-state index is 14.1. The van der Waals surface area contributed by atoms with Gasteiger partial charge in [0.1, 0.15) is 17.3 Å². The van der Waals surface area contributed by atoms with Gasteiger partial charge in [0.15, 0.2) is 11.6 Å². The monoisotopic (exact) mass is 488 g/mol. The summed E-state index contributed by atoms with van der Waals surface area (Å²) in [5.74, 6) is -2.27. The van der Waals surface area contributed by atoms with Crippen LogP contribution in [0.1, 0.15) is 50.3 Å². The van der Waals surface area contributed by atoms with Crippen molar-refractivity contribution in [2.75, 3.05) is 19.6 Å². The van der Waals surface area contributed by atoms with Crippen molar-refractivity contribution in [3.05, 3.63) is 59.2 Å². The number of carbonyl (C=O) groups is 3. The van der Waals surface area contributed by atoms with Crippen LogP contribution in [-0.4, -0.2) is 47.3 Å². The van der Waals surface area contributed by atoms with E-state index in [1.165, 1.54) is 6.07 Å². The second-order valence-corrected chi connectivity index (χ2v) is 8.95. The molecule has 188 valence electrons. The minimum Gasteiger partial charge on any atom is -0.481 e. The first-order valence-corrected chi connectivity index (χ1v) is 11.6. The van der Waals surface area contributed by atoms with Gasteiger partial charge in [-0.1, -0.05) is 19.9 Å². The number of nitrogens with one attached hydrogen (secondary N) is 1. The molecule has 7 nitrogen and oxygen atoms in total. The standard InChI is InChI=1S/C26H30F2N2O5/c1-16(2)26(29-15-24(32)30-11-9-19(31)10-12-30)21-14-20(6-3-17(21)4-8-25(33)34)35-23-7-5-18(27)13-22(23)28/h3,5-7,13-14,16,26,29H,4,8-12,15H2,1-2H3,(H,33,34)/t26-/m0/s1. The summed E-state index contributed by atoms with van der Waals surface area (Å²) in [6, 6.07) is 7.73.